The molecule has 0 fully saturated rings. The first-order chi connectivity index (χ1) is 9.67. The Labute approximate surface area is 117 Å². The van der Waals surface area contributed by atoms with Crippen LogP contribution in [0.15, 0.2) is 27.8 Å². The van der Waals surface area contributed by atoms with Crippen molar-refractivity contribution in [3.63, 3.8) is 0 Å². The zero-order valence-corrected chi connectivity index (χ0v) is 11.8. The topological polar surface area (TPSA) is 141 Å². The number of aromatic nitrogens is 2. The van der Waals surface area contributed by atoms with Crippen LogP contribution in [0.5, 0.6) is 0 Å². The van der Waals surface area contributed by atoms with E-state index in [-0.39, 0.29) is 16.9 Å². The van der Waals surface area contributed by atoms with Gasteiger partial charge in [-0.2, -0.15) is 0 Å². The third kappa shape index (κ3) is 3.46. The molecule has 9 nitrogen and oxygen atoms in total. The summed E-state index contributed by atoms with van der Waals surface area (Å²) >= 11 is 0. The van der Waals surface area contributed by atoms with Crippen LogP contribution in [0.3, 0.4) is 0 Å². The van der Waals surface area contributed by atoms with Crippen LogP contribution in [0.4, 0.5) is 5.69 Å². The number of benzene rings is 1. The van der Waals surface area contributed by atoms with Crippen LogP contribution in [0.1, 0.15) is 6.92 Å². The van der Waals surface area contributed by atoms with E-state index < -0.39 is 25.0 Å². The summed E-state index contributed by atoms with van der Waals surface area (Å²) in [5.74, 6) is -0.319. The molecular weight excluding hydrogens is 301 g/mol. The fraction of sp³-hybridized carbons (Fsp3) is 0.182. The molecule has 0 unspecified atom stereocenters. The number of fused-ring (bicyclic) bond motifs is 1. The van der Waals surface area contributed by atoms with Crippen molar-refractivity contribution in [2.75, 3.05) is 5.32 Å². The van der Waals surface area contributed by atoms with E-state index in [0.29, 0.717) is 10.3 Å². The Morgan fingerprint density at radius 2 is 2.05 bits per heavy atom. The number of nitrogens with one attached hydrogen (secondary N) is 2. The van der Waals surface area contributed by atoms with Crippen molar-refractivity contribution in [1.82, 2.24) is 9.55 Å². The zero-order valence-electron chi connectivity index (χ0n) is 10.9. The van der Waals surface area contributed by atoms with Gasteiger partial charge in [0.15, 0.2) is 0 Å². The monoisotopic (exact) mass is 313 g/mol. The van der Waals surface area contributed by atoms with Gasteiger partial charge >= 0.3 is 18.7 Å². The van der Waals surface area contributed by atoms with Crippen LogP contribution in [-0.4, -0.2) is 25.2 Å². The van der Waals surface area contributed by atoms with E-state index >= 15 is 0 Å². The average molecular weight is 313 g/mol. The highest BCUT2D eigenvalue weighted by atomic mass is 31.2. The number of amides is 1. The van der Waals surface area contributed by atoms with Gasteiger partial charge in [-0.1, -0.05) is 0 Å². The lowest BCUT2D eigenvalue weighted by Gasteiger charge is -2.11. The largest absolute Gasteiger partial charge is 0.345 e. The molecule has 2 aromatic rings. The molecule has 0 aliphatic carbocycles. The Balaban J connectivity index is 2.70. The lowest BCUT2D eigenvalue weighted by atomic mass is 10.2. The predicted molar refractivity (Wildman–Crippen MR) is 75.2 cm³/mol. The molecule has 0 saturated carbocycles. The van der Waals surface area contributed by atoms with Crippen molar-refractivity contribution in [2.45, 2.75) is 13.2 Å². The van der Waals surface area contributed by atoms with Crippen LogP contribution in [-0.2, 0) is 15.6 Å². The Kier molecular flexibility index (Phi) is 3.82. The molecule has 10 heteroatoms. The highest BCUT2D eigenvalue weighted by Gasteiger charge is 2.18. The minimum absolute atomic E-state index is 0.150. The van der Waals surface area contributed by atoms with Crippen molar-refractivity contribution < 1.29 is 19.1 Å². The normalized spacial score (nSPS) is 11.6. The maximum atomic E-state index is 11.7. The van der Waals surface area contributed by atoms with Crippen molar-refractivity contribution in [3.8, 4) is 0 Å². The fourth-order valence-electron chi connectivity index (χ4n) is 1.88. The first-order valence-corrected chi connectivity index (χ1v) is 7.56. The molecule has 0 spiro atoms. The lowest BCUT2D eigenvalue weighted by molar-refractivity contribution is -0.114. The predicted octanol–water partition coefficient (Wildman–Crippen LogP) is -0.217. The van der Waals surface area contributed by atoms with Gasteiger partial charge in [0.1, 0.15) is 6.29 Å². The van der Waals surface area contributed by atoms with Gasteiger partial charge in [-0.05, 0) is 18.2 Å². The molecule has 1 aromatic carbocycles. The number of carbonyl (C=O) groups excluding carboxylic acids is 1. The number of hydrogen-bond acceptors (Lipinski definition) is 4. The number of H-pyrrole nitrogens is 1. The van der Waals surface area contributed by atoms with E-state index in [1.54, 1.807) is 0 Å². The van der Waals surface area contributed by atoms with Crippen molar-refractivity contribution in [2.24, 2.45) is 0 Å². The molecule has 1 amide bonds. The van der Waals surface area contributed by atoms with Crippen LogP contribution in [0, 0.1) is 0 Å². The van der Waals surface area contributed by atoms with E-state index in [1.165, 1.54) is 25.1 Å². The summed E-state index contributed by atoms with van der Waals surface area (Å²) in [7, 11) is -4.53. The standard InChI is InChI=1S/C11H12N3O6P/c1-6(15)12-7-2-3-9-8(4-7)13-10(16)11(17)14(9)5-21(18,19)20/h2-4H,5H2,1H3,(H,12,15)(H,13,16)(H2,18,19,20). The van der Waals surface area contributed by atoms with E-state index in [4.69, 9.17) is 9.79 Å². The molecule has 21 heavy (non-hydrogen) atoms. The Hall–Kier alpha value is -2.22. The number of hydrogen-bond donors (Lipinski definition) is 4. The molecule has 0 radical (unpaired) electrons. The van der Waals surface area contributed by atoms with Gasteiger partial charge in [-0.25, -0.2) is 0 Å². The third-order valence-corrected chi connectivity index (χ3v) is 3.27. The maximum absolute atomic E-state index is 11.7. The Morgan fingerprint density at radius 3 is 2.62 bits per heavy atom. The fourth-order valence-corrected chi connectivity index (χ4v) is 2.53. The SMILES string of the molecule is CC(=O)Nc1ccc2c(c1)[nH]c(=O)c(=O)n2CP(=O)(O)O. The summed E-state index contributed by atoms with van der Waals surface area (Å²) in [5.41, 5.74) is -1.35. The number of nitrogens with zero attached hydrogens (tertiary/aromatic N) is 1. The Morgan fingerprint density at radius 1 is 1.38 bits per heavy atom. The van der Waals surface area contributed by atoms with Crippen LogP contribution in [0.25, 0.3) is 11.0 Å². The number of anilines is 1. The summed E-state index contributed by atoms with van der Waals surface area (Å²) in [5, 5.41) is 2.50. The van der Waals surface area contributed by atoms with Gasteiger partial charge in [-0.3, -0.25) is 23.5 Å². The van der Waals surface area contributed by atoms with Gasteiger partial charge in [0.05, 0.1) is 11.0 Å². The van der Waals surface area contributed by atoms with Crippen LogP contribution >= 0.6 is 7.60 Å². The molecule has 112 valence electrons. The van der Waals surface area contributed by atoms with Crippen LogP contribution in [0.2, 0.25) is 0 Å². The second kappa shape index (κ2) is 5.28. The molecule has 0 saturated heterocycles. The van der Waals surface area contributed by atoms with Crippen molar-refractivity contribution in [1.29, 1.82) is 0 Å². The first kappa shape index (κ1) is 15.2. The van der Waals surface area contributed by atoms with E-state index in [1.807, 2.05) is 0 Å². The first-order valence-electron chi connectivity index (χ1n) is 5.76. The molecule has 0 aliphatic heterocycles. The number of carbonyl (C=O) groups is 1. The average Bonchev–Trinajstić information content (AvgIpc) is 2.32. The van der Waals surface area contributed by atoms with Gasteiger partial charge in [0, 0.05) is 12.6 Å². The summed E-state index contributed by atoms with van der Waals surface area (Å²) in [6.45, 7) is 1.31. The quantitative estimate of drug-likeness (QED) is 0.456. The zero-order chi connectivity index (χ0) is 15.8. The van der Waals surface area contributed by atoms with Gasteiger partial charge < -0.3 is 20.1 Å². The summed E-state index contributed by atoms with van der Waals surface area (Å²) < 4.78 is 11.8. The van der Waals surface area contributed by atoms with Crippen molar-refractivity contribution in [3.05, 3.63) is 38.9 Å². The molecular formula is C11H12N3O6P. The highest BCUT2D eigenvalue weighted by molar-refractivity contribution is 7.50. The molecule has 4 N–H and O–H groups in total. The molecule has 0 bridgehead atoms. The molecule has 0 atom stereocenters. The summed E-state index contributed by atoms with van der Waals surface area (Å²) in [6, 6.07) is 4.24. The lowest BCUT2D eigenvalue weighted by Crippen LogP contribution is -2.36. The summed E-state index contributed by atoms with van der Waals surface area (Å²) in [6.07, 6.45) is -0.897. The smallest absolute Gasteiger partial charge is 0.326 e. The molecule has 1 heterocycles. The second-order valence-corrected chi connectivity index (χ2v) is 6.02. The number of aromatic amines is 1. The van der Waals surface area contributed by atoms with Gasteiger partial charge in [0.2, 0.25) is 5.91 Å². The minimum Gasteiger partial charge on any atom is -0.326 e. The van der Waals surface area contributed by atoms with Crippen molar-refractivity contribution >= 4 is 30.2 Å². The van der Waals surface area contributed by atoms with E-state index in [0.717, 1.165) is 0 Å². The molecule has 2 rings (SSSR count). The van der Waals surface area contributed by atoms with Gasteiger partial charge in [-0.15, -0.1) is 0 Å². The second-order valence-electron chi connectivity index (χ2n) is 4.41. The Bertz CT molecular complexity index is 878. The summed E-state index contributed by atoms with van der Waals surface area (Å²) in [4.78, 5) is 54.6. The highest BCUT2D eigenvalue weighted by Crippen LogP contribution is 2.36. The van der Waals surface area contributed by atoms with E-state index in [2.05, 4.69) is 10.3 Å². The van der Waals surface area contributed by atoms with Gasteiger partial charge in [0.25, 0.3) is 0 Å². The minimum atomic E-state index is -4.53. The maximum Gasteiger partial charge on any atom is 0.345 e. The van der Waals surface area contributed by atoms with Crippen LogP contribution < -0.4 is 16.4 Å². The van der Waals surface area contributed by atoms with E-state index in [9.17, 15) is 18.9 Å². The number of rotatable bonds is 3. The third-order valence-electron chi connectivity index (χ3n) is 2.62. The molecule has 1 aromatic heterocycles. The molecule has 0 aliphatic rings.